The van der Waals surface area contributed by atoms with Crippen LogP contribution in [0.5, 0.6) is 5.75 Å². The highest BCUT2D eigenvalue weighted by Gasteiger charge is 2.22. The molecule has 1 amide bonds. The van der Waals surface area contributed by atoms with Gasteiger partial charge in [0.2, 0.25) is 5.91 Å². The van der Waals surface area contributed by atoms with E-state index >= 15 is 0 Å². The number of benzene rings is 1. The summed E-state index contributed by atoms with van der Waals surface area (Å²) in [5, 5.41) is 16.4. The first-order chi connectivity index (χ1) is 8.50. The summed E-state index contributed by atoms with van der Waals surface area (Å²) in [4.78, 5) is 11.2. The van der Waals surface area contributed by atoms with Crippen LogP contribution in [-0.4, -0.2) is 17.6 Å². The Balaban J connectivity index is 2.43. The molecule has 2 rings (SSSR count). The van der Waals surface area contributed by atoms with Gasteiger partial charge < -0.3 is 15.7 Å². The van der Waals surface area contributed by atoms with Gasteiger partial charge >= 0.3 is 0 Å². The van der Waals surface area contributed by atoms with Gasteiger partial charge in [0, 0.05) is 24.1 Å². The number of hydrogen-bond donors (Lipinski definition) is 3. The van der Waals surface area contributed by atoms with Crippen LogP contribution in [0.4, 0.5) is 5.69 Å². The number of carbonyl (C=O) groups is 1. The van der Waals surface area contributed by atoms with Crippen molar-refractivity contribution in [1.29, 1.82) is 0 Å². The number of rotatable bonds is 2. The van der Waals surface area contributed by atoms with E-state index in [4.69, 9.17) is 0 Å². The molecule has 0 saturated carbocycles. The maximum atomic E-state index is 11.2. The fourth-order valence-corrected chi connectivity index (χ4v) is 2.59. The summed E-state index contributed by atoms with van der Waals surface area (Å²) in [6.07, 6.45) is 2.18. The average molecular weight is 248 g/mol. The number of phenols is 1. The summed E-state index contributed by atoms with van der Waals surface area (Å²) >= 11 is 0. The quantitative estimate of drug-likeness (QED) is 0.753. The number of nitrogens with one attached hydrogen (secondary N) is 2. The Labute approximate surface area is 107 Å². The van der Waals surface area contributed by atoms with Gasteiger partial charge in [-0.1, -0.05) is 0 Å². The van der Waals surface area contributed by atoms with Crippen molar-refractivity contribution < 1.29 is 9.90 Å². The van der Waals surface area contributed by atoms with Gasteiger partial charge in [0.15, 0.2) is 0 Å². The Kier molecular flexibility index (Phi) is 3.57. The zero-order chi connectivity index (χ0) is 13.3. The van der Waals surface area contributed by atoms with Crippen molar-refractivity contribution in [2.24, 2.45) is 0 Å². The van der Waals surface area contributed by atoms with Gasteiger partial charge in [-0.25, -0.2) is 0 Å². The van der Waals surface area contributed by atoms with Crippen LogP contribution in [0, 0.1) is 13.8 Å². The Morgan fingerprint density at radius 1 is 1.50 bits per heavy atom. The summed E-state index contributed by atoms with van der Waals surface area (Å²) in [5.74, 6) is 0.177. The van der Waals surface area contributed by atoms with Crippen LogP contribution >= 0.6 is 0 Å². The summed E-state index contributed by atoms with van der Waals surface area (Å²) in [7, 11) is 0. The first kappa shape index (κ1) is 12.9. The largest absolute Gasteiger partial charge is 0.507 e. The Morgan fingerprint density at radius 2 is 2.22 bits per heavy atom. The maximum Gasteiger partial charge on any atom is 0.221 e. The number of phenolic OH excluding ortho intramolecular Hbond substituents is 1. The molecule has 1 unspecified atom stereocenters. The summed E-state index contributed by atoms with van der Waals surface area (Å²) < 4.78 is 0. The van der Waals surface area contributed by atoms with Crippen LogP contribution in [0.15, 0.2) is 6.07 Å². The zero-order valence-electron chi connectivity index (χ0n) is 11.1. The van der Waals surface area contributed by atoms with Gasteiger partial charge in [0.05, 0.1) is 5.69 Å². The van der Waals surface area contributed by atoms with E-state index < -0.39 is 0 Å². The third-order valence-electron chi connectivity index (χ3n) is 3.51. The van der Waals surface area contributed by atoms with Crippen LogP contribution in [0.2, 0.25) is 0 Å². The Morgan fingerprint density at radius 3 is 2.78 bits per heavy atom. The predicted octanol–water partition coefficient (Wildman–Crippen LogP) is 2.39. The van der Waals surface area contributed by atoms with E-state index in [1.54, 1.807) is 0 Å². The first-order valence-corrected chi connectivity index (χ1v) is 6.34. The number of anilines is 1. The van der Waals surface area contributed by atoms with Crippen molar-refractivity contribution in [2.45, 2.75) is 39.7 Å². The molecular weight excluding hydrogens is 228 g/mol. The molecule has 1 aromatic rings. The van der Waals surface area contributed by atoms with Gasteiger partial charge in [-0.05, 0) is 44.9 Å². The van der Waals surface area contributed by atoms with Gasteiger partial charge in [-0.2, -0.15) is 0 Å². The molecule has 0 spiro atoms. The second kappa shape index (κ2) is 4.98. The van der Waals surface area contributed by atoms with Crippen molar-refractivity contribution in [3.05, 3.63) is 22.8 Å². The third kappa shape index (κ3) is 2.34. The van der Waals surface area contributed by atoms with Gasteiger partial charge in [0.1, 0.15) is 5.75 Å². The van der Waals surface area contributed by atoms with Gasteiger partial charge in [-0.15, -0.1) is 0 Å². The molecule has 1 saturated heterocycles. The smallest absolute Gasteiger partial charge is 0.221 e. The second-order valence-electron chi connectivity index (χ2n) is 4.96. The topological polar surface area (TPSA) is 61.4 Å². The molecule has 1 heterocycles. The van der Waals surface area contributed by atoms with Crippen molar-refractivity contribution in [1.82, 2.24) is 5.32 Å². The van der Waals surface area contributed by atoms with Crippen LogP contribution in [0.1, 0.15) is 42.5 Å². The SMILES string of the molecule is CC(=O)Nc1c(C)cc(C2CCCN2)c(O)c1C. The minimum absolute atomic E-state index is 0.118. The highest BCUT2D eigenvalue weighted by atomic mass is 16.3. The lowest BCUT2D eigenvalue weighted by Gasteiger charge is -2.19. The van der Waals surface area contributed by atoms with Crippen LogP contribution in [0.25, 0.3) is 0 Å². The number of amides is 1. The third-order valence-corrected chi connectivity index (χ3v) is 3.51. The van der Waals surface area contributed by atoms with E-state index in [1.165, 1.54) is 6.92 Å². The van der Waals surface area contributed by atoms with Crippen molar-refractivity contribution in [3.8, 4) is 5.75 Å². The van der Waals surface area contributed by atoms with Crippen molar-refractivity contribution >= 4 is 11.6 Å². The molecule has 0 aliphatic carbocycles. The standard InChI is InChI=1S/C14H20N2O2/c1-8-7-11(12-5-4-6-15-12)14(18)9(2)13(8)16-10(3)17/h7,12,15,18H,4-6H2,1-3H3,(H,16,17). The molecular formula is C14H20N2O2. The average Bonchev–Trinajstić information content (AvgIpc) is 2.82. The monoisotopic (exact) mass is 248 g/mol. The number of carbonyl (C=O) groups excluding carboxylic acids is 1. The first-order valence-electron chi connectivity index (χ1n) is 6.34. The number of aryl methyl sites for hydroxylation is 1. The molecule has 3 N–H and O–H groups in total. The summed E-state index contributed by atoms with van der Waals surface area (Å²) in [6, 6.07) is 2.20. The lowest BCUT2D eigenvalue weighted by Crippen LogP contribution is -2.15. The number of aromatic hydroxyl groups is 1. The van der Waals surface area contributed by atoms with Crippen LogP contribution in [-0.2, 0) is 4.79 Å². The van der Waals surface area contributed by atoms with E-state index in [0.717, 1.165) is 41.8 Å². The molecule has 1 aliphatic heterocycles. The molecule has 0 radical (unpaired) electrons. The number of hydrogen-bond acceptors (Lipinski definition) is 3. The van der Waals surface area contributed by atoms with E-state index in [-0.39, 0.29) is 11.9 Å². The highest BCUT2D eigenvalue weighted by Crippen LogP contribution is 2.38. The van der Waals surface area contributed by atoms with E-state index in [2.05, 4.69) is 10.6 Å². The molecule has 1 atom stereocenters. The minimum atomic E-state index is -0.118. The molecule has 98 valence electrons. The fraction of sp³-hybridized carbons (Fsp3) is 0.500. The van der Waals surface area contributed by atoms with Crippen LogP contribution < -0.4 is 10.6 Å². The lowest BCUT2D eigenvalue weighted by atomic mass is 9.96. The molecule has 1 fully saturated rings. The Bertz CT molecular complexity index is 477. The van der Waals surface area contributed by atoms with E-state index in [0.29, 0.717) is 5.75 Å². The normalized spacial score (nSPS) is 18.9. The minimum Gasteiger partial charge on any atom is -0.507 e. The highest BCUT2D eigenvalue weighted by molar-refractivity contribution is 5.91. The van der Waals surface area contributed by atoms with Gasteiger partial charge in [0.25, 0.3) is 0 Å². The lowest BCUT2D eigenvalue weighted by molar-refractivity contribution is -0.114. The molecule has 4 nitrogen and oxygen atoms in total. The van der Waals surface area contributed by atoms with Crippen molar-refractivity contribution in [3.63, 3.8) is 0 Å². The maximum absolute atomic E-state index is 11.2. The summed E-state index contributed by atoms with van der Waals surface area (Å²) in [6.45, 7) is 6.26. The predicted molar refractivity (Wildman–Crippen MR) is 71.9 cm³/mol. The zero-order valence-corrected chi connectivity index (χ0v) is 11.1. The Hall–Kier alpha value is -1.55. The molecule has 1 aromatic carbocycles. The van der Waals surface area contributed by atoms with Crippen molar-refractivity contribution in [2.75, 3.05) is 11.9 Å². The molecule has 1 aliphatic rings. The molecule has 0 aromatic heterocycles. The van der Waals surface area contributed by atoms with E-state index in [9.17, 15) is 9.90 Å². The molecule has 4 heteroatoms. The summed E-state index contributed by atoms with van der Waals surface area (Å²) in [5.41, 5.74) is 3.40. The molecule has 0 bridgehead atoms. The second-order valence-corrected chi connectivity index (χ2v) is 4.96. The van der Waals surface area contributed by atoms with Gasteiger partial charge in [-0.3, -0.25) is 4.79 Å². The molecule has 18 heavy (non-hydrogen) atoms. The fourth-order valence-electron chi connectivity index (χ4n) is 2.59. The van der Waals surface area contributed by atoms with E-state index in [1.807, 2.05) is 19.9 Å². The van der Waals surface area contributed by atoms with Crippen LogP contribution in [0.3, 0.4) is 0 Å².